The monoisotopic (exact) mass is 401 g/mol. The molecule has 1 aliphatic heterocycles. The topological polar surface area (TPSA) is 64.6 Å². The maximum absolute atomic E-state index is 12.8. The maximum atomic E-state index is 12.8. The summed E-state index contributed by atoms with van der Waals surface area (Å²) in [6.45, 7) is 4.18. The lowest BCUT2D eigenvalue weighted by Crippen LogP contribution is -2.15. The van der Waals surface area contributed by atoms with Crippen molar-refractivity contribution in [2.24, 2.45) is 0 Å². The molecular formula is C17H17Cl2NO4S. The second-order valence-electron chi connectivity index (χ2n) is 5.68. The molecule has 1 atom stereocenters. The van der Waals surface area contributed by atoms with Crippen LogP contribution in [0.5, 0.6) is 11.5 Å². The van der Waals surface area contributed by atoms with Crippen molar-refractivity contribution < 1.29 is 17.9 Å². The predicted molar refractivity (Wildman–Crippen MR) is 98.7 cm³/mol. The largest absolute Gasteiger partial charge is 0.492 e. The van der Waals surface area contributed by atoms with Gasteiger partial charge in [-0.3, -0.25) is 4.72 Å². The third-order valence-corrected chi connectivity index (χ3v) is 6.05. The second kappa shape index (κ2) is 6.94. The first-order valence-electron chi connectivity index (χ1n) is 7.75. The normalized spacial score (nSPS) is 16.2. The summed E-state index contributed by atoms with van der Waals surface area (Å²) in [5, 5.41) is 0.0907. The number of hydrogen-bond donors (Lipinski definition) is 1. The number of fused-ring (bicyclic) bond motifs is 1. The minimum absolute atomic E-state index is 0.0364. The number of anilines is 1. The number of rotatable bonds is 5. The van der Waals surface area contributed by atoms with Gasteiger partial charge in [0, 0.05) is 18.1 Å². The fourth-order valence-electron chi connectivity index (χ4n) is 2.73. The predicted octanol–water partition coefficient (Wildman–Crippen LogP) is 4.52. The van der Waals surface area contributed by atoms with Gasteiger partial charge in [-0.25, -0.2) is 8.42 Å². The van der Waals surface area contributed by atoms with Crippen molar-refractivity contribution in [1.82, 2.24) is 0 Å². The van der Waals surface area contributed by atoms with Crippen molar-refractivity contribution in [1.29, 1.82) is 0 Å². The molecule has 3 rings (SSSR count). The Bertz CT molecular complexity index is 895. The Kier molecular flexibility index (Phi) is 5.04. The standard InChI is InChI=1S/C17H17Cl2NO4S/c1-3-23-16-8-11-7-10(2)24-15(11)9-14(16)20-25(21,22)17-12(18)5-4-6-13(17)19/h4-6,8-10,20H,3,7H2,1-2H3/t10-/m1/s1. The Morgan fingerprint density at radius 1 is 1.28 bits per heavy atom. The van der Waals surface area contributed by atoms with E-state index in [9.17, 15) is 8.42 Å². The van der Waals surface area contributed by atoms with E-state index < -0.39 is 10.0 Å². The molecule has 8 heteroatoms. The number of halogens is 2. The molecule has 0 radical (unpaired) electrons. The fraction of sp³-hybridized carbons (Fsp3) is 0.294. The average Bonchev–Trinajstić information content (AvgIpc) is 2.86. The van der Waals surface area contributed by atoms with Gasteiger partial charge in [-0.2, -0.15) is 0 Å². The molecule has 2 aromatic rings. The van der Waals surface area contributed by atoms with Crippen LogP contribution in [0, 0.1) is 0 Å². The van der Waals surface area contributed by atoms with E-state index in [0.717, 1.165) is 12.0 Å². The molecule has 1 N–H and O–H groups in total. The molecule has 0 unspecified atom stereocenters. The minimum Gasteiger partial charge on any atom is -0.492 e. The third-order valence-electron chi connectivity index (χ3n) is 3.73. The van der Waals surface area contributed by atoms with Crippen molar-refractivity contribution in [3.05, 3.63) is 45.9 Å². The number of sulfonamides is 1. The van der Waals surface area contributed by atoms with Crippen LogP contribution in [0.1, 0.15) is 19.4 Å². The summed E-state index contributed by atoms with van der Waals surface area (Å²) in [6.07, 6.45) is 0.785. The Hall–Kier alpha value is -1.63. The summed E-state index contributed by atoms with van der Waals surface area (Å²) < 4.78 is 39.4. The van der Waals surface area contributed by atoms with Gasteiger partial charge in [-0.05, 0) is 32.0 Å². The van der Waals surface area contributed by atoms with E-state index in [4.69, 9.17) is 32.7 Å². The molecule has 0 aromatic heterocycles. The third kappa shape index (κ3) is 3.66. The molecule has 0 amide bonds. The molecule has 134 valence electrons. The number of benzene rings is 2. The van der Waals surface area contributed by atoms with E-state index in [1.54, 1.807) is 18.2 Å². The summed E-state index contributed by atoms with van der Waals surface area (Å²) >= 11 is 12.1. The number of ether oxygens (including phenoxy) is 2. The number of hydrogen-bond acceptors (Lipinski definition) is 4. The van der Waals surface area contributed by atoms with Gasteiger partial charge in [0.05, 0.1) is 22.3 Å². The summed E-state index contributed by atoms with van der Waals surface area (Å²) in [5.41, 5.74) is 1.26. The van der Waals surface area contributed by atoms with E-state index in [-0.39, 0.29) is 26.7 Å². The van der Waals surface area contributed by atoms with Crippen LogP contribution in [0.4, 0.5) is 5.69 Å². The van der Waals surface area contributed by atoms with Crippen molar-refractivity contribution in [3.8, 4) is 11.5 Å². The molecule has 2 aromatic carbocycles. The van der Waals surface area contributed by atoms with Gasteiger partial charge in [0.1, 0.15) is 22.5 Å². The van der Waals surface area contributed by atoms with Gasteiger partial charge in [0.15, 0.2) is 0 Å². The zero-order valence-corrected chi connectivity index (χ0v) is 16.0. The van der Waals surface area contributed by atoms with Gasteiger partial charge in [0.25, 0.3) is 10.0 Å². The first-order valence-corrected chi connectivity index (χ1v) is 9.99. The Morgan fingerprint density at radius 2 is 1.96 bits per heavy atom. The van der Waals surface area contributed by atoms with Gasteiger partial charge >= 0.3 is 0 Å². The van der Waals surface area contributed by atoms with Crippen molar-refractivity contribution in [3.63, 3.8) is 0 Å². The summed E-state index contributed by atoms with van der Waals surface area (Å²) in [4.78, 5) is -0.171. The quantitative estimate of drug-likeness (QED) is 0.799. The highest BCUT2D eigenvalue weighted by atomic mass is 35.5. The lowest BCUT2D eigenvalue weighted by atomic mass is 10.1. The van der Waals surface area contributed by atoms with Gasteiger partial charge < -0.3 is 9.47 Å². The van der Waals surface area contributed by atoms with Crippen LogP contribution in [0.3, 0.4) is 0 Å². The first kappa shape index (κ1) is 18.2. The second-order valence-corrected chi connectivity index (χ2v) is 8.11. The number of nitrogens with one attached hydrogen (secondary N) is 1. The zero-order chi connectivity index (χ0) is 18.2. The van der Waals surface area contributed by atoms with E-state index in [1.807, 2.05) is 13.8 Å². The van der Waals surface area contributed by atoms with Crippen LogP contribution in [0.2, 0.25) is 10.0 Å². The molecule has 1 heterocycles. The van der Waals surface area contributed by atoms with Crippen LogP contribution >= 0.6 is 23.2 Å². The van der Waals surface area contributed by atoms with Crippen LogP contribution in [-0.2, 0) is 16.4 Å². The highest BCUT2D eigenvalue weighted by Crippen LogP contribution is 2.40. The molecule has 0 saturated carbocycles. The summed E-state index contributed by atoms with van der Waals surface area (Å²) in [7, 11) is -4.00. The van der Waals surface area contributed by atoms with Gasteiger partial charge in [-0.15, -0.1) is 0 Å². The van der Waals surface area contributed by atoms with Crippen molar-refractivity contribution in [2.75, 3.05) is 11.3 Å². The molecule has 0 fully saturated rings. The van der Waals surface area contributed by atoms with Gasteiger partial charge in [0.2, 0.25) is 0 Å². The summed E-state index contributed by atoms with van der Waals surface area (Å²) in [6, 6.07) is 7.96. The molecule has 25 heavy (non-hydrogen) atoms. The molecule has 1 aliphatic rings. The van der Waals surface area contributed by atoms with Crippen LogP contribution in [0.15, 0.2) is 35.2 Å². The van der Waals surface area contributed by atoms with Crippen LogP contribution in [-0.4, -0.2) is 21.1 Å². The van der Waals surface area contributed by atoms with Crippen LogP contribution < -0.4 is 14.2 Å². The van der Waals surface area contributed by atoms with E-state index in [0.29, 0.717) is 18.1 Å². The molecule has 0 spiro atoms. The van der Waals surface area contributed by atoms with Gasteiger partial charge in [-0.1, -0.05) is 29.3 Å². The van der Waals surface area contributed by atoms with E-state index in [1.165, 1.54) is 12.1 Å². The molecular weight excluding hydrogens is 385 g/mol. The lowest BCUT2D eigenvalue weighted by Gasteiger charge is -2.15. The summed E-state index contributed by atoms with van der Waals surface area (Å²) in [5.74, 6) is 1.07. The van der Waals surface area contributed by atoms with Crippen molar-refractivity contribution >= 4 is 38.9 Å². The molecule has 0 bridgehead atoms. The smallest absolute Gasteiger partial charge is 0.265 e. The molecule has 0 aliphatic carbocycles. The lowest BCUT2D eigenvalue weighted by molar-refractivity contribution is 0.254. The van der Waals surface area contributed by atoms with E-state index in [2.05, 4.69) is 4.72 Å². The SMILES string of the molecule is CCOc1cc2c(cc1NS(=O)(=O)c1c(Cl)cccc1Cl)O[C@H](C)C2. The Balaban J connectivity index is 2.04. The minimum atomic E-state index is -4.00. The highest BCUT2D eigenvalue weighted by Gasteiger charge is 2.26. The van der Waals surface area contributed by atoms with E-state index >= 15 is 0 Å². The van der Waals surface area contributed by atoms with Crippen molar-refractivity contribution in [2.45, 2.75) is 31.3 Å². The fourth-order valence-corrected chi connectivity index (χ4v) is 4.94. The Morgan fingerprint density at radius 3 is 2.60 bits per heavy atom. The zero-order valence-electron chi connectivity index (χ0n) is 13.7. The molecule has 0 saturated heterocycles. The molecule has 5 nitrogen and oxygen atoms in total. The Labute approximate surface area is 156 Å². The highest BCUT2D eigenvalue weighted by molar-refractivity contribution is 7.93. The van der Waals surface area contributed by atoms with Crippen LogP contribution in [0.25, 0.3) is 0 Å². The first-order chi connectivity index (χ1) is 11.8. The maximum Gasteiger partial charge on any atom is 0.265 e. The average molecular weight is 402 g/mol.